The smallest absolute Gasteiger partial charge is 0.148 e. The van der Waals surface area contributed by atoms with E-state index in [9.17, 15) is 4.79 Å². The highest BCUT2D eigenvalue weighted by molar-refractivity contribution is 5.93. The van der Waals surface area contributed by atoms with Crippen molar-refractivity contribution in [3.63, 3.8) is 0 Å². The molecule has 7 nitrogen and oxygen atoms in total. The third kappa shape index (κ3) is 6.03. The fraction of sp³-hybridized carbons (Fsp3) is 0.364. The summed E-state index contributed by atoms with van der Waals surface area (Å²) in [5.74, 6) is 2.88. The first-order valence-corrected chi connectivity index (χ1v) is 14.3. The lowest BCUT2D eigenvalue weighted by Gasteiger charge is -2.31. The molecule has 208 valence electrons. The monoisotopic (exact) mass is 540 g/mol. The topological polar surface area (TPSA) is 63.9 Å². The summed E-state index contributed by atoms with van der Waals surface area (Å²) >= 11 is 0. The van der Waals surface area contributed by atoms with Crippen molar-refractivity contribution in [2.45, 2.75) is 50.6 Å². The fourth-order valence-corrected chi connectivity index (χ4v) is 5.67. The van der Waals surface area contributed by atoms with Crippen LogP contribution in [0.2, 0.25) is 0 Å². The maximum absolute atomic E-state index is 13.9. The van der Waals surface area contributed by atoms with E-state index in [0.717, 1.165) is 60.1 Å². The highest BCUT2D eigenvalue weighted by Crippen LogP contribution is 2.43. The van der Waals surface area contributed by atoms with Gasteiger partial charge in [0, 0.05) is 61.1 Å². The molecule has 0 N–H and O–H groups in total. The van der Waals surface area contributed by atoms with Crippen LogP contribution >= 0.6 is 0 Å². The summed E-state index contributed by atoms with van der Waals surface area (Å²) in [5, 5.41) is 0. The average Bonchev–Trinajstić information content (AvgIpc) is 3.71. The zero-order chi connectivity index (χ0) is 27.1. The molecule has 2 aromatic heterocycles. The van der Waals surface area contributed by atoms with Gasteiger partial charge in [-0.15, -0.1) is 0 Å². The first kappa shape index (κ1) is 26.1. The minimum atomic E-state index is -0.202. The van der Waals surface area contributed by atoms with E-state index in [-0.39, 0.29) is 17.6 Å². The van der Waals surface area contributed by atoms with Crippen molar-refractivity contribution in [3.8, 4) is 23.0 Å². The molecule has 0 aliphatic carbocycles. The van der Waals surface area contributed by atoms with Crippen LogP contribution in [0.3, 0.4) is 0 Å². The molecule has 7 heteroatoms. The van der Waals surface area contributed by atoms with Crippen LogP contribution in [0.4, 0.5) is 0 Å². The Morgan fingerprint density at radius 2 is 1.15 bits per heavy atom. The van der Waals surface area contributed by atoms with E-state index in [2.05, 4.69) is 33.9 Å². The van der Waals surface area contributed by atoms with E-state index < -0.39 is 0 Å². The largest absolute Gasteiger partial charge is 0.493 e. The molecule has 0 bridgehead atoms. The van der Waals surface area contributed by atoms with Gasteiger partial charge in [-0.3, -0.25) is 4.79 Å². The number of Topliss-reactive ketones (excluding diaryl/α,β-unsaturated/α-hetero) is 1. The molecule has 0 saturated carbocycles. The lowest BCUT2D eigenvalue weighted by Crippen LogP contribution is -2.29. The van der Waals surface area contributed by atoms with Crippen molar-refractivity contribution >= 4 is 5.78 Å². The number of fused-ring (bicyclic) bond motifs is 2. The van der Waals surface area contributed by atoms with Gasteiger partial charge in [-0.05, 0) is 62.1 Å². The average molecular weight is 541 g/mol. The number of carbonyl (C=O) groups is 1. The van der Waals surface area contributed by atoms with Crippen LogP contribution < -0.4 is 18.9 Å². The molecule has 0 spiro atoms. The molecular formula is C33H36N2O5. The molecule has 4 heterocycles. The number of rotatable bonds is 12. The molecule has 2 aromatic carbocycles. The minimum absolute atomic E-state index is 0.202. The second-order valence-electron chi connectivity index (χ2n) is 10.4. The van der Waals surface area contributed by atoms with E-state index in [1.165, 1.54) is 0 Å². The number of ketones is 1. The van der Waals surface area contributed by atoms with E-state index in [1.807, 2.05) is 60.7 Å². The van der Waals surface area contributed by atoms with Gasteiger partial charge in [0.25, 0.3) is 0 Å². The molecule has 4 aromatic rings. The summed E-state index contributed by atoms with van der Waals surface area (Å²) in [6.45, 7) is 4.12. The van der Waals surface area contributed by atoms with Crippen molar-refractivity contribution in [2.24, 2.45) is 0 Å². The third-order valence-corrected chi connectivity index (χ3v) is 7.73. The number of ether oxygens (including phenoxy) is 4. The van der Waals surface area contributed by atoms with Gasteiger partial charge < -0.3 is 28.1 Å². The minimum Gasteiger partial charge on any atom is -0.493 e. The molecule has 40 heavy (non-hydrogen) atoms. The van der Waals surface area contributed by atoms with Crippen molar-refractivity contribution in [3.05, 3.63) is 96.6 Å². The quantitative estimate of drug-likeness (QED) is 0.199. The zero-order valence-electron chi connectivity index (χ0n) is 22.7. The third-order valence-electron chi connectivity index (χ3n) is 7.73. The molecule has 0 radical (unpaired) electrons. The predicted octanol–water partition coefficient (Wildman–Crippen LogP) is 6.23. The summed E-state index contributed by atoms with van der Waals surface area (Å²) in [6.07, 6.45) is 11.4. The second-order valence-corrected chi connectivity index (χ2v) is 10.4. The van der Waals surface area contributed by atoms with Gasteiger partial charge in [-0.25, -0.2) is 0 Å². The first-order chi connectivity index (χ1) is 19.7. The van der Waals surface area contributed by atoms with Gasteiger partial charge in [0.2, 0.25) is 0 Å². The van der Waals surface area contributed by atoms with Crippen LogP contribution in [-0.4, -0.2) is 41.3 Å². The van der Waals surface area contributed by atoms with Crippen LogP contribution in [0, 0.1) is 0 Å². The Hall–Kier alpha value is -4.13. The van der Waals surface area contributed by atoms with Gasteiger partial charge in [0.15, 0.2) is 0 Å². The van der Waals surface area contributed by atoms with E-state index in [1.54, 1.807) is 0 Å². The normalized spacial score (nSPS) is 17.7. The summed E-state index contributed by atoms with van der Waals surface area (Å²) in [6, 6.07) is 19.9. The molecule has 6 rings (SSSR count). The van der Waals surface area contributed by atoms with Crippen molar-refractivity contribution in [1.29, 1.82) is 0 Å². The number of aromatic nitrogens is 2. The van der Waals surface area contributed by atoms with Gasteiger partial charge in [0.1, 0.15) is 28.8 Å². The lowest BCUT2D eigenvalue weighted by molar-refractivity contribution is -0.123. The fourth-order valence-electron chi connectivity index (χ4n) is 5.67. The number of benzene rings is 2. The van der Waals surface area contributed by atoms with E-state index >= 15 is 0 Å². The van der Waals surface area contributed by atoms with E-state index in [4.69, 9.17) is 18.9 Å². The van der Waals surface area contributed by atoms with Gasteiger partial charge in [0.05, 0.1) is 38.3 Å². The highest BCUT2D eigenvalue weighted by Gasteiger charge is 2.36. The first-order valence-electron chi connectivity index (χ1n) is 14.3. The van der Waals surface area contributed by atoms with Crippen LogP contribution in [-0.2, 0) is 17.9 Å². The second kappa shape index (κ2) is 12.4. The number of carbonyl (C=O) groups excluding carboxylic acids is 1. The molecule has 0 fully saturated rings. The van der Waals surface area contributed by atoms with Crippen LogP contribution in [0.25, 0.3) is 0 Å². The standard InChI is InChI=1S/C33H36N2O5/c36-33(29-11-21-39-31-23-25(7-9-27(29)31)37-19-5-17-34-13-1-2-14-34)30-12-22-40-32-24-26(8-10-28(30)32)38-20-6-18-35-15-3-4-16-35/h1-4,7-10,13-16,23-24,29-30H,5-6,11-12,17-22H2. The van der Waals surface area contributed by atoms with Crippen LogP contribution in [0.5, 0.6) is 23.0 Å². The number of hydrogen-bond acceptors (Lipinski definition) is 5. The Kier molecular flexibility index (Phi) is 8.07. The van der Waals surface area contributed by atoms with E-state index in [0.29, 0.717) is 39.3 Å². The van der Waals surface area contributed by atoms with Crippen LogP contribution in [0.1, 0.15) is 48.6 Å². The molecular weight excluding hydrogens is 504 g/mol. The summed E-state index contributed by atoms with van der Waals surface area (Å²) < 4.78 is 28.2. The summed E-state index contributed by atoms with van der Waals surface area (Å²) in [4.78, 5) is 13.9. The van der Waals surface area contributed by atoms with Crippen molar-refractivity contribution < 1.29 is 23.7 Å². The number of nitrogens with zero attached hydrogens (tertiary/aromatic N) is 2. The Balaban J connectivity index is 1.07. The van der Waals surface area contributed by atoms with Crippen molar-refractivity contribution in [1.82, 2.24) is 9.13 Å². The predicted molar refractivity (Wildman–Crippen MR) is 153 cm³/mol. The maximum Gasteiger partial charge on any atom is 0.148 e. The summed E-state index contributed by atoms with van der Waals surface area (Å²) in [5.41, 5.74) is 1.90. The number of hydrogen-bond donors (Lipinski definition) is 0. The zero-order valence-corrected chi connectivity index (χ0v) is 22.7. The Morgan fingerprint density at radius 1 is 0.700 bits per heavy atom. The molecule has 2 aliphatic heterocycles. The molecule has 2 unspecified atom stereocenters. The molecule has 2 atom stereocenters. The Labute approximate surface area is 235 Å². The lowest BCUT2D eigenvalue weighted by atomic mass is 9.78. The van der Waals surface area contributed by atoms with Gasteiger partial charge in [-0.2, -0.15) is 0 Å². The molecule has 2 aliphatic rings. The Bertz CT molecular complexity index is 1290. The highest BCUT2D eigenvalue weighted by atomic mass is 16.5. The SMILES string of the molecule is O=C(C1CCOc2cc(OCCCn3cccc3)ccc21)C1CCOc2cc(OCCCn3cccc3)ccc21. The van der Waals surface area contributed by atoms with Crippen LogP contribution in [0.15, 0.2) is 85.5 Å². The van der Waals surface area contributed by atoms with Gasteiger partial charge in [-0.1, -0.05) is 12.1 Å². The number of aryl methyl sites for hydroxylation is 2. The molecule has 0 amide bonds. The molecule has 0 saturated heterocycles. The van der Waals surface area contributed by atoms with Crippen molar-refractivity contribution in [2.75, 3.05) is 26.4 Å². The van der Waals surface area contributed by atoms with Gasteiger partial charge >= 0.3 is 0 Å². The summed E-state index contributed by atoms with van der Waals surface area (Å²) in [7, 11) is 0. The Morgan fingerprint density at radius 3 is 1.60 bits per heavy atom. The maximum atomic E-state index is 13.9.